The number of aryl methyl sites for hydroxylation is 2. The van der Waals surface area contributed by atoms with Crippen molar-refractivity contribution >= 4 is 46.9 Å². The molecule has 15 heteroatoms. The second-order valence-corrected chi connectivity index (χ2v) is 9.53. The van der Waals surface area contributed by atoms with Gasteiger partial charge >= 0.3 is 30.0 Å². The van der Waals surface area contributed by atoms with Gasteiger partial charge in [0.05, 0.1) is 6.54 Å². The number of carboxylic acids is 4. The molecule has 0 unspecified atom stereocenters. The van der Waals surface area contributed by atoms with Crippen LogP contribution in [0.1, 0.15) is 29.1 Å². The van der Waals surface area contributed by atoms with E-state index in [1.807, 2.05) is 22.4 Å². The number of aliphatic carboxylic acids is 4. The third-order valence-corrected chi connectivity index (χ3v) is 7.22. The van der Waals surface area contributed by atoms with Gasteiger partial charge in [0.15, 0.2) is 0 Å². The van der Waals surface area contributed by atoms with E-state index >= 15 is 0 Å². The van der Waals surface area contributed by atoms with Crippen molar-refractivity contribution in [3.63, 3.8) is 0 Å². The van der Waals surface area contributed by atoms with Crippen LogP contribution in [-0.2, 0) is 36.9 Å². The van der Waals surface area contributed by atoms with Gasteiger partial charge in [-0.2, -0.15) is 0 Å². The first-order chi connectivity index (χ1) is 18.6. The maximum Gasteiger partial charge on any atom is 0.414 e. The molecule has 0 aromatic carbocycles. The molecule has 39 heavy (non-hydrogen) atoms. The number of carboxylic acid groups (broad SMARTS) is 4. The lowest BCUT2D eigenvalue weighted by Gasteiger charge is -2.30. The van der Waals surface area contributed by atoms with Gasteiger partial charge < -0.3 is 39.5 Å². The van der Waals surface area contributed by atoms with E-state index < -0.39 is 23.9 Å². The summed E-state index contributed by atoms with van der Waals surface area (Å²) in [4.78, 5) is 58.4. The van der Waals surface area contributed by atoms with Crippen LogP contribution in [-0.4, -0.2) is 109 Å². The van der Waals surface area contributed by atoms with Crippen molar-refractivity contribution in [3.05, 3.63) is 45.7 Å². The summed E-state index contributed by atoms with van der Waals surface area (Å²) in [7, 11) is 0. The van der Waals surface area contributed by atoms with E-state index in [1.165, 1.54) is 21.6 Å². The van der Waals surface area contributed by atoms with Crippen LogP contribution in [0.3, 0.4) is 0 Å². The molecule has 0 atom stereocenters. The molecule has 3 aliphatic rings. The van der Waals surface area contributed by atoms with Gasteiger partial charge in [-0.3, -0.25) is 0 Å². The largest absolute Gasteiger partial charge is 0.473 e. The number of likely N-dealkylation sites (tertiary alicyclic amines) is 1. The molecule has 2 fully saturated rings. The number of rotatable bonds is 3. The molecule has 2 aromatic rings. The smallest absolute Gasteiger partial charge is 0.414 e. The van der Waals surface area contributed by atoms with E-state index in [1.54, 1.807) is 0 Å². The van der Waals surface area contributed by atoms with E-state index in [2.05, 4.69) is 27.1 Å². The van der Waals surface area contributed by atoms with Crippen LogP contribution in [0.2, 0.25) is 0 Å². The number of ether oxygens (including phenoxy) is 1. The fourth-order valence-corrected chi connectivity index (χ4v) is 5.36. The zero-order valence-electron chi connectivity index (χ0n) is 20.8. The minimum Gasteiger partial charge on any atom is -0.473 e. The number of hydrogen-bond donors (Lipinski definition) is 4. The van der Waals surface area contributed by atoms with Gasteiger partial charge in [-0.1, -0.05) is 5.57 Å². The second kappa shape index (κ2) is 13.5. The minimum atomic E-state index is -1.82. The van der Waals surface area contributed by atoms with Crippen LogP contribution in [0.4, 0.5) is 4.79 Å². The van der Waals surface area contributed by atoms with Gasteiger partial charge in [-0.15, -0.1) is 11.3 Å². The number of aromatic nitrogens is 2. The topological polar surface area (TPSA) is 200 Å². The number of imidazole rings is 1. The molecule has 0 spiro atoms. The van der Waals surface area contributed by atoms with Gasteiger partial charge in [-0.25, -0.2) is 29.0 Å². The van der Waals surface area contributed by atoms with Crippen LogP contribution in [0, 0.1) is 0 Å². The normalized spacial score (nSPS) is 16.4. The number of nitrogens with zero attached hydrogens (tertiary/aromatic N) is 4. The number of fused-ring (bicyclic) bond motifs is 2. The SMILES string of the molecule is O=C(O)C(=O)O.O=C(O)C(=O)O.O=C1OCCN1CCN1CCC(=C2c3sccc3CCn3ccnc32)CC1. The van der Waals surface area contributed by atoms with E-state index in [0.717, 1.165) is 64.4 Å². The molecule has 0 saturated carbocycles. The van der Waals surface area contributed by atoms with Gasteiger partial charge in [-0.05, 0) is 36.3 Å². The summed E-state index contributed by atoms with van der Waals surface area (Å²) < 4.78 is 7.32. The lowest BCUT2D eigenvalue weighted by Crippen LogP contribution is -2.38. The third-order valence-electron chi connectivity index (χ3n) is 6.25. The van der Waals surface area contributed by atoms with Crippen LogP contribution in [0.25, 0.3) is 5.57 Å². The zero-order valence-corrected chi connectivity index (χ0v) is 21.6. The minimum absolute atomic E-state index is 0.162. The van der Waals surface area contributed by atoms with E-state index in [4.69, 9.17) is 49.3 Å². The molecule has 5 rings (SSSR count). The van der Waals surface area contributed by atoms with Gasteiger partial charge in [0.1, 0.15) is 12.4 Å². The third kappa shape index (κ3) is 7.87. The Bertz CT molecular complexity index is 1160. The highest BCUT2D eigenvalue weighted by Gasteiger charge is 2.27. The van der Waals surface area contributed by atoms with E-state index in [9.17, 15) is 4.79 Å². The fraction of sp³-hybridized carbons (Fsp3) is 0.417. The highest BCUT2D eigenvalue weighted by atomic mass is 32.1. The average molecular weight is 565 g/mol. The van der Waals surface area contributed by atoms with Crippen molar-refractivity contribution in [2.24, 2.45) is 0 Å². The lowest BCUT2D eigenvalue weighted by atomic mass is 9.95. The van der Waals surface area contributed by atoms with Crippen molar-refractivity contribution in [1.82, 2.24) is 19.4 Å². The Hall–Kier alpha value is -4.24. The number of piperidine rings is 1. The van der Waals surface area contributed by atoms with Gasteiger partial charge in [0.2, 0.25) is 0 Å². The summed E-state index contributed by atoms with van der Waals surface area (Å²) in [5, 5.41) is 31.8. The summed E-state index contributed by atoms with van der Waals surface area (Å²) in [5.41, 5.74) is 4.37. The summed E-state index contributed by atoms with van der Waals surface area (Å²) in [6, 6.07) is 2.28. The number of carbonyl (C=O) groups is 5. The Morgan fingerprint density at radius 3 is 2.10 bits per heavy atom. The van der Waals surface area contributed by atoms with Crippen LogP contribution in [0.5, 0.6) is 0 Å². The predicted octanol–water partition coefficient (Wildman–Crippen LogP) is 1.16. The fourth-order valence-electron chi connectivity index (χ4n) is 4.32. The standard InChI is InChI=1S/C20H24N4O2S.2C2H2O4/c25-20-24(12-13-26-20)11-10-22-6-1-15(2-7-22)17-18-16(4-14-27-18)3-8-23-9-5-21-19(17)23;2*3-1(4)2(5)6/h4-5,9,14H,1-3,6-8,10-13H2;2*(H,3,4)(H,5,6). The van der Waals surface area contributed by atoms with Crippen molar-refractivity contribution < 1.29 is 49.1 Å². The van der Waals surface area contributed by atoms with Crippen molar-refractivity contribution in [3.8, 4) is 0 Å². The highest BCUT2D eigenvalue weighted by molar-refractivity contribution is 7.11. The van der Waals surface area contributed by atoms with Crippen molar-refractivity contribution in [2.45, 2.75) is 25.8 Å². The molecule has 2 aromatic heterocycles. The van der Waals surface area contributed by atoms with E-state index in [0.29, 0.717) is 6.61 Å². The summed E-state index contributed by atoms with van der Waals surface area (Å²) in [6.07, 6.45) is 7.10. The number of cyclic esters (lactones) is 1. The molecule has 4 N–H and O–H groups in total. The Kier molecular flexibility index (Phi) is 10.2. The Morgan fingerprint density at radius 1 is 0.897 bits per heavy atom. The summed E-state index contributed by atoms with van der Waals surface area (Å²) in [5.74, 6) is -6.16. The highest BCUT2D eigenvalue weighted by Crippen LogP contribution is 2.38. The van der Waals surface area contributed by atoms with Gasteiger partial charge in [0, 0.05) is 55.6 Å². The molecule has 14 nitrogen and oxygen atoms in total. The first kappa shape index (κ1) is 29.3. The molecular formula is C24H28N4O10S. The maximum atomic E-state index is 11.6. The number of amides is 1. The number of hydrogen-bond acceptors (Lipinski definition) is 9. The Morgan fingerprint density at radius 2 is 1.54 bits per heavy atom. The zero-order chi connectivity index (χ0) is 28.5. The Labute approximate surface area is 226 Å². The van der Waals surface area contributed by atoms with Crippen LogP contribution < -0.4 is 0 Å². The average Bonchev–Trinajstić information content (AvgIpc) is 3.64. The first-order valence-corrected chi connectivity index (χ1v) is 12.8. The van der Waals surface area contributed by atoms with E-state index in [-0.39, 0.29) is 6.09 Å². The van der Waals surface area contributed by atoms with Crippen LogP contribution in [0.15, 0.2) is 29.4 Å². The molecule has 3 aliphatic heterocycles. The van der Waals surface area contributed by atoms with Crippen LogP contribution >= 0.6 is 11.3 Å². The molecule has 1 amide bonds. The first-order valence-electron chi connectivity index (χ1n) is 11.9. The predicted molar refractivity (Wildman–Crippen MR) is 135 cm³/mol. The second-order valence-electron chi connectivity index (χ2n) is 8.61. The molecule has 2 saturated heterocycles. The Balaban J connectivity index is 0.000000296. The monoisotopic (exact) mass is 564 g/mol. The lowest BCUT2D eigenvalue weighted by molar-refractivity contribution is -0.159. The quantitative estimate of drug-likeness (QED) is 0.388. The molecule has 0 bridgehead atoms. The summed E-state index contributed by atoms with van der Waals surface area (Å²) >= 11 is 1.85. The molecule has 0 radical (unpaired) electrons. The van der Waals surface area contributed by atoms with Gasteiger partial charge in [0.25, 0.3) is 0 Å². The molecule has 0 aliphatic carbocycles. The van der Waals surface area contributed by atoms with Crippen molar-refractivity contribution in [2.75, 3.05) is 39.3 Å². The summed E-state index contributed by atoms with van der Waals surface area (Å²) in [6.45, 7) is 6.05. The number of carbonyl (C=O) groups excluding carboxylic acids is 1. The molecular weight excluding hydrogens is 536 g/mol. The molecule has 5 heterocycles. The number of thiophene rings is 1. The molecule has 210 valence electrons. The maximum absolute atomic E-state index is 11.6. The van der Waals surface area contributed by atoms with Crippen molar-refractivity contribution in [1.29, 1.82) is 0 Å².